The Morgan fingerprint density at radius 1 is 1.53 bits per heavy atom. The topological polar surface area (TPSA) is 73.2 Å². The van der Waals surface area contributed by atoms with Crippen LogP contribution in [0.15, 0.2) is 12.4 Å². The molecule has 0 aliphatic rings. The van der Waals surface area contributed by atoms with E-state index in [0.717, 1.165) is 0 Å². The highest BCUT2D eigenvalue weighted by molar-refractivity contribution is 7.92. The van der Waals surface area contributed by atoms with Crippen LogP contribution in [0.4, 0.5) is 5.95 Å². The van der Waals surface area contributed by atoms with E-state index in [1.165, 1.54) is 6.26 Å². The van der Waals surface area contributed by atoms with E-state index in [0.29, 0.717) is 19.1 Å². The zero-order chi connectivity index (χ0) is 14.7. The highest BCUT2D eigenvalue weighted by Crippen LogP contribution is 2.18. The lowest BCUT2D eigenvalue weighted by atomic mass is 10.2. The van der Waals surface area contributed by atoms with E-state index in [9.17, 15) is 8.42 Å². The van der Waals surface area contributed by atoms with Crippen LogP contribution in [0.3, 0.4) is 0 Å². The molecule has 1 atom stereocenters. The van der Waals surface area contributed by atoms with Gasteiger partial charge in [-0.15, -0.1) is 0 Å². The summed E-state index contributed by atoms with van der Waals surface area (Å²) in [5.74, 6) is 0.654. The van der Waals surface area contributed by atoms with Gasteiger partial charge in [-0.2, -0.15) is 0 Å². The SMILES string of the molecule is COCC(C)n1ccnc1NCC(C)(C)S(C)(=O)=O. The van der Waals surface area contributed by atoms with Crippen molar-refractivity contribution in [3.8, 4) is 0 Å². The van der Waals surface area contributed by atoms with Gasteiger partial charge in [-0.1, -0.05) is 0 Å². The number of nitrogens with zero attached hydrogens (tertiary/aromatic N) is 2. The predicted octanol–water partition coefficient (Wildman–Crippen LogP) is 1.33. The zero-order valence-corrected chi connectivity index (χ0v) is 13.0. The van der Waals surface area contributed by atoms with Gasteiger partial charge < -0.3 is 14.6 Å². The van der Waals surface area contributed by atoms with E-state index in [2.05, 4.69) is 10.3 Å². The average molecular weight is 289 g/mol. The third-order valence-corrected chi connectivity index (χ3v) is 5.38. The minimum absolute atomic E-state index is 0.136. The van der Waals surface area contributed by atoms with E-state index in [1.807, 2.05) is 17.7 Å². The van der Waals surface area contributed by atoms with Crippen LogP contribution in [0.1, 0.15) is 26.8 Å². The molecule has 1 heterocycles. The van der Waals surface area contributed by atoms with E-state index in [-0.39, 0.29) is 6.04 Å². The van der Waals surface area contributed by atoms with Gasteiger partial charge in [0.15, 0.2) is 9.84 Å². The fraction of sp³-hybridized carbons (Fsp3) is 0.750. The van der Waals surface area contributed by atoms with Gasteiger partial charge in [-0.05, 0) is 20.8 Å². The molecule has 0 aliphatic carbocycles. The van der Waals surface area contributed by atoms with Crippen LogP contribution in [0.5, 0.6) is 0 Å². The maximum absolute atomic E-state index is 11.6. The largest absolute Gasteiger partial charge is 0.383 e. The standard InChI is InChI=1S/C12H23N3O3S/c1-10(8-18-4)15-7-6-13-11(15)14-9-12(2,3)19(5,16)17/h6-7,10H,8-9H2,1-5H3,(H,13,14). The summed E-state index contributed by atoms with van der Waals surface area (Å²) in [5.41, 5.74) is 0. The number of hydrogen-bond donors (Lipinski definition) is 1. The van der Waals surface area contributed by atoms with Crippen LogP contribution in [-0.2, 0) is 14.6 Å². The van der Waals surface area contributed by atoms with E-state index < -0.39 is 14.6 Å². The smallest absolute Gasteiger partial charge is 0.203 e. The summed E-state index contributed by atoms with van der Waals surface area (Å²) in [4.78, 5) is 4.21. The second-order valence-corrected chi connectivity index (χ2v) is 8.00. The minimum atomic E-state index is -3.12. The predicted molar refractivity (Wildman–Crippen MR) is 76.2 cm³/mol. The molecule has 19 heavy (non-hydrogen) atoms. The first-order valence-corrected chi connectivity index (χ1v) is 8.03. The van der Waals surface area contributed by atoms with E-state index in [4.69, 9.17) is 4.74 Å². The van der Waals surface area contributed by atoms with Gasteiger partial charge in [0.2, 0.25) is 5.95 Å². The number of nitrogens with one attached hydrogen (secondary N) is 1. The molecule has 0 saturated heterocycles. The fourth-order valence-electron chi connectivity index (χ4n) is 1.55. The molecule has 0 fully saturated rings. The molecule has 1 aromatic rings. The Labute approximate surface area is 115 Å². The number of methoxy groups -OCH3 is 1. The number of imidazole rings is 1. The van der Waals surface area contributed by atoms with Gasteiger partial charge in [-0.25, -0.2) is 13.4 Å². The Hall–Kier alpha value is -1.08. The number of aromatic nitrogens is 2. The van der Waals surface area contributed by atoms with Crippen molar-refractivity contribution in [2.75, 3.05) is 31.8 Å². The molecule has 0 spiro atoms. The van der Waals surface area contributed by atoms with Gasteiger partial charge in [-0.3, -0.25) is 0 Å². The van der Waals surface area contributed by atoms with Gasteiger partial charge in [0.25, 0.3) is 0 Å². The van der Waals surface area contributed by atoms with Crippen LogP contribution < -0.4 is 5.32 Å². The summed E-state index contributed by atoms with van der Waals surface area (Å²) >= 11 is 0. The second-order valence-electron chi connectivity index (χ2n) is 5.35. The molecule has 1 unspecified atom stereocenters. The third-order valence-electron chi connectivity index (χ3n) is 3.23. The Kier molecular flexibility index (Phi) is 4.98. The van der Waals surface area contributed by atoms with E-state index in [1.54, 1.807) is 27.2 Å². The molecule has 0 aliphatic heterocycles. The molecule has 7 heteroatoms. The molecule has 1 rings (SSSR count). The molecule has 1 aromatic heterocycles. The molecule has 0 saturated carbocycles. The number of hydrogen-bond acceptors (Lipinski definition) is 5. The molecule has 0 aromatic carbocycles. The molecule has 6 nitrogen and oxygen atoms in total. The number of sulfone groups is 1. The number of rotatable bonds is 7. The Bertz CT molecular complexity index is 508. The maximum Gasteiger partial charge on any atom is 0.203 e. The molecule has 110 valence electrons. The summed E-state index contributed by atoms with van der Waals surface area (Å²) < 4.78 is 29.5. The van der Waals surface area contributed by atoms with Crippen molar-refractivity contribution in [2.24, 2.45) is 0 Å². The summed E-state index contributed by atoms with van der Waals surface area (Å²) in [6, 6.07) is 0.136. The van der Waals surface area contributed by atoms with Gasteiger partial charge in [0.05, 0.1) is 17.4 Å². The van der Waals surface area contributed by atoms with Crippen molar-refractivity contribution >= 4 is 15.8 Å². The van der Waals surface area contributed by atoms with Crippen LogP contribution in [0.25, 0.3) is 0 Å². The Morgan fingerprint density at radius 3 is 2.68 bits per heavy atom. The zero-order valence-electron chi connectivity index (χ0n) is 12.2. The van der Waals surface area contributed by atoms with Crippen LogP contribution in [0.2, 0.25) is 0 Å². The summed E-state index contributed by atoms with van der Waals surface area (Å²) in [7, 11) is -1.48. The molecular weight excluding hydrogens is 266 g/mol. The van der Waals surface area contributed by atoms with Crippen molar-refractivity contribution in [3.05, 3.63) is 12.4 Å². The first-order chi connectivity index (χ1) is 8.69. The van der Waals surface area contributed by atoms with Gasteiger partial charge in [0.1, 0.15) is 0 Å². The van der Waals surface area contributed by atoms with Crippen molar-refractivity contribution in [1.29, 1.82) is 0 Å². The fourth-order valence-corrected chi connectivity index (χ4v) is 1.88. The van der Waals surface area contributed by atoms with Crippen LogP contribution in [-0.4, -0.2) is 49.2 Å². The highest BCUT2D eigenvalue weighted by atomic mass is 32.2. The Morgan fingerprint density at radius 2 is 2.16 bits per heavy atom. The van der Waals surface area contributed by atoms with Gasteiger partial charge >= 0.3 is 0 Å². The lowest BCUT2D eigenvalue weighted by Crippen LogP contribution is -2.38. The van der Waals surface area contributed by atoms with Crippen molar-refractivity contribution in [3.63, 3.8) is 0 Å². The van der Waals surface area contributed by atoms with Gasteiger partial charge in [0, 0.05) is 32.3 Å². The Balaban J connectivity index is 2.77. The third kappa shape index (κ3) is 3.94. The monoisotopic (exact) mass is 289 g/mol. The molecule has 0 radical (unpaired) electrons. The quantitative estimate of drug-likeness (QED) is 0.819. The maximum atomic E-state index is 11.6. The molecule has 1 N–H and O–H groups in total. The number of ether oxygens (including phenoxy) is 1. The summed E-state index contributed by atoms with van der Waals surface area (Å²) in [6.07, 6.45) is 4.77. The number of anilines is 1. The first kappa shape index (κ1) is 16.0. The van der Waals surface area contributed by atoms with Crippen molar-refractivity contribution in [1.82, 2.24) is 9.55 Å². The minimum Gasteiger partial charge on any atom is -0.383 e. The average Bonchev–Trinajstić information content (AvgIpc) is 2.73. The van der Waals surface area contributed by atoms with Crippen molar-refractivity contribution in [2.45, 2.75) is 31.6 Å². The van der Waals surface area contributed by atoms with E-state index >= 15 is 0 Å². The lowest BCUT2D eigenvalue weighted by Gasteiger charge is -2.24. The normalized spacial score (nSPS) is 14.4. The van der Waals surface area contributed by atoms with Crippen LogP contribution >= 0.6 is 0 Å². The molecular formula is C12H23N3O3S. The first-order valence-electron chi connectivity index (χ1n) is 6.14. The molecule has 0 bridgehead atoms. The summed E-state index contributed by atoms with van der Waals surface area (Å²) in [6.45, 7) is 6.28. The summed E-state index contributed by atoms with van der Waals surface area (Å²) in [5, 5.41) is 3.10. The van der Waals surface area contributed by atoms with Crippen LogP contribution in [0, 0.1) is 0 Å². The lowest BCUT2D eigenvalue weighted by molar-refractivity contribution is 0.163. The van der Waals surface area contributed by atoms with Crippen molar-refractivity contribution < 1.29 is 13.2 Å². The second kappa shape index (κ2) is 5.92. The highest BCUT2D eigenvalue weighted by Gasteiger charge is 2.30. The molecule has 0 amide bonds.